The molecule has 0 aliphatic heterocycles. The van der Waals surface area contributed by atoms with Crippen LogP contribution in [0.3, 0.4) is 0 Å². The summed E-state index contributed by atoms with van der Waals surface area (Å²) in [4.78, 5) is 27.0. The summed E-state index contributed by atoms with van der Waals surface area (Å²) in [5, 5.41) is 4.45. The highest BCUT2D eigenvalue weighted by molar-refractivity contribution is 6.30. The molecule has 8 heteroatoms. The van der Waals surface area contributed by atoms with Gasteiger partial charge < -0.3 is 0 Å². The van der Waals surface area contributed by atoms with Crippen molar-refractivity contribution in [2.45, 2.75) is 19.9 Å². The van der Waals surface area contributed by atoms with E-state index in [0.717, 1.165) is 15.6 Å². The number of carbonyl (C=O) groups excluding carboxylic acids is 1. The Morgan fingerprint density at radius 1 is 1.19 bits per heavy atom. The van der Waals surface area contributed by atoms with Crippen LogP contribution in [0.5, 0.6) is 0 Å². The van der Waals surface area contributed by atoms with Crippen LogP contribution in [0.1, 0.15) is 13.8 Å². The molecule has 0 aliphatic carbocycles. The molecule has 0 bridgehead atoms. The van der Waals surface area contributed by atoms with Crippen molar-refractivity contribution in [2.24, 2.45) is 0 Å². The molecule has 6 nitrogen and oxygen atoms in total. The third kappa shape index (κ3) is 3.39. The highest BCUT2D eigenvalue weighted by Gasteiger charge is 2.24. The molecule has 0 aliphatic rings. The first kappa shape index (κ1) is 17.9. The maximum absolute atomic E-state index is 13.2. The molecule has 0 unspecified atom stereocenters. The van der Waals surface area contributed by atoms with Crippen LogP contribution in [0.4, 0.5) is 14.9 Å². The Labute approximate surface area is 154 Å². The number of hydrogen-bond acceptors (Lipinski definition) is 3. The van der Waals surface area contributed by atoms with Gasteiger partial charge in [-0.3, -0.25) is 4.90 Å². The van der Waals surface area contributed by atoms with E-state index in [-0.39, 0.29) is 6.04 Å². The Morgan fingerprint density at radius 2 is 1.88 bits per heavy atom. The van der Waals surface area contributed by atoms with Crippen molar-refractivity contribution in [2.75, 3.05) is 4.90 Å². The Bertz CT molecular complexity index is 995. The van der Waals surface area contributed by atoms with Gasteiger partial charge in [0.15, 0.2) is 0 Å². The molecule has 1 heterocycles. The van der Waals surface area contributed by atoms with Crippen molar-refractivity contribution >= 4 is 23.3 Å². The lowest BCUT2D eigenvalue weighted by atomic mass is 10.2. The number of aromatic nitrogens is 3. The molecule has 134 valence electrons. The van der Waals surface area contributed by atoms with Crippen molar-refractivity contribution in [3.63, 3.8) is 0 Å². The molecule has 0 fully saturated rings. The third-order valence-corrected chi connectivity index (χ3v) is 3.99. The van der Waals surface area contributed by atoms with Crippen molar-refractivity contribution in [3.05, 3.63) is 76.2 Å². The van der Waals surface area contributed by atoms with Crippen molar-refractivity contribution in [1.82, 2.24) is 14.3 Å². The average molecular weight is 375 g/mol. The van der Waals surface area contributed by atoms with E-state index in [2.05, 4.69) is 5.10 Å². The van der Waals surface area contributed by atoms with Gasteiger partial charge in [0, 0.05) is 16.8 Å². The number of anilines is 1. The van der Waals surface area contributed by atoms with Crippen LogP contribution in [0.2, 0.25) is 5.02 Å². The van der Waals surface area contributed by atoms with E-state index < -0.39 is 17.5 Å². The predicted molar refractivity (Wildman–Crippen MR) is 97.6 cm³/mol. The largest absolute Gasteiger partial charge is 0.358 e. The normalized spacial score (nSPS) is 11.0. The Morgan fingerprint density at radius 3 is 2.50 bits per heavy atom. The summed E-state index contributed by atoms with van der Waals surface area (Å²) in [6.07, 6.45) is 1.16. The number of nitrogens with zero attached hydrogens (tertiary/aromatic N) is 4. The van der Waals surface area contributed by atoms with Gasteiger partial charge in [0.25, 0.3) is 0 Å². The quantitative estimate of drug-likeness (QED) is 0.702. The average Bonchev–Trinajstić information content (AvgIpc) is 2.98. The molecule has 3 rings (SSSR count). The maximum Gasteiger partial charge on any atom is 0.358 e. The molecule has 0 N–H and O–H groups in total. The summed E-state index contributed by atoms with van der Waals surface area (Å²) in [5.74, 6) is -0.407. The monoisotopic (exact) mass is 374 g/mol. The smallest absolute Gasteiger partial charge is 0.291 e. The zero-order valence-corrected chi connectivity index (χ0v) is 14.9. The molecule has 1 aromatic heterocycles. The number of rotatable bonds is 3. The van der Waals surface area contributed by atoms with Crippen LogP contribution >= 0.6 is 11.6 Å². The fourth-order valence-corrected chi connectivity index (χ4v) is 2.75. The van der Waals surface area contributed by atoms with E-state index in [1.54, 1.807) is 38.1 Å². The Kier molecular flexibility index (Phi) is 4.90. The van der Waals surface area contributed by atoms with E-state index in [1.807, 2.05) is 0 Å². The lowest BCUT2D eigenvalue weighted by molar-refractivity contribution is 0.245. The van der Waals surface area contributed by atoms with Gasteiger partial charge >= 0.3 is 11.7 Å². The second-order valence-electron chi connectivity index (χ2n) is 5.90. The summed E-state index contributed by atoms with van der Waals surface area (Å²) in [6.45, 7) is 3.60. The molecular formula is C18H16ClFN4O2. The highest BCUT2D eigenvalue weighted by atomic mass is 35.5. The second kappa shape index (κ2) is 7.13. The molecule has 0 atom stereocenters. The fourth-order valence-electron chi connectivity index (χ4n) is 2.57. The molecule has 0 saturated carbocycles. The molecule has 0 spiro atoms. The maximum atomic E-state index is 13.2. The zero-order chi connectivity index (χ0) is 18.8. The standard InChI is InChI=1S/C18H16ClFN4O2/c1-12(2)23(15-8-6-14(20)7-9-15)17(25)22-11-21-24(18(22)26)16-5-3-4-13(19)10-16/h3-12H,1-2H3. The first-order valence-corrected chi connectivity index (χ1v) is 8.28. The van der Waals surface area contributed by atoms with Crippen LogP contribution in [0.15, 0.2) is 59.7 Å². The molecular weight excluding hydrogens is 359 g/mol. The third-order valence-electron chi connectivity index (χ3n) is 3.76. The lowest BCUT2D eigenvalue weighted by Gasteiger charge is -2.26. The van der Waals surface area contributed by atoms with E-state index in [4.69, 9.17) is 11.6 Å². The summed E-state index contributed by atoms with van der Waals surface area (Å²) in [7, 11) is 0. The van der Waals surface area contributed by atoms with Gasteiger partial charge in [-0.1, -0.05) is 17.7 Å². The number of benzene rings is 2. The second-order valence-corrected chi connectivity index (χ2v) is 6.33. The van der Waals surface area contributed by atoms with Gasteiger partial charge in [0.05, 0.1) is 5.69 Å². The van der Waals surface area contributed by atoms with Crippen molar-refractivity contribution in [1.29, 1.82) is 0 Å². The van der Waals surface area contributed by atoms with Gasteiger partial charge in [-0.05, 0) is 56.3 Å². The Hall–Kier alpha value is -2.93. The molecule has 3 aromatic rings. The van der Waals surface area contributed by atoms with Gasteiger partial charge in [0.1, 0.15) is 12.1 Å². The van der Waals surface area contributed by atoms with Crippen LogP contribution in [-0.4, -0.2) is 26.4 Å². The molecule has 0 radical (unpaired) electrons. The molecule has 26 heavy (non-hydrogen) atoms. The minimum atomic E-state index is -0.620. The first-order valence-electron chi connectivity index (χ1n) is 7.90. The Balaban J connectivity index is 2.01. The van der Waals surface area contributed by atoms with Crippen LogP contribution in [0, 0.1) is 5.82 Å². The molecule has 0 saturated heterocycles. The van der Waals surface area contributed by atoms with Crippen molar-refractivity contribution in [3.8, 4) is 5.69 Å². The summed E-state index contributed by atoms with van der Waals surface area (Å²) < 4.78 is 15.2. The minimum absolute atomic E-state index is 0.255. The predicted octanol–water partition coefficient (Wildman–Crippen LogP) is 3.71. The summed E-state index contributed by atoms with van der Waals surface area (Å²) in [6, 6.07) is 11.3. The summed E-state index contributed by atoms with van der Waals surface area (Å²) in [5.41, 5.74) is 0.311. The first-order chi connectivity index (χ1) is 12.4. The molecule has 1 amide bonds. The van der Waals surface area contributed by atoms with E-state index in [9.17, 15) is 14.0 Å². The highest BCUT2D eigenvalue weighted by Crippen LogP contribution is 2.19. The lowest BCUT2D eigenvalue weighted by Crippen LogP contribution is -2.43. The van der Waals surface area contributed by atoms with Gasteiger partial charge in [-0.25, -0.2) is 14.0 Å². The van der Waals surface area contributed by atoms with E-state index in [0.29, 0.717) is 16.4 Å². The van der Waals surface area contributed by atoms with Gasteiger partial charge in [-0.15, -0.1) is 0 Å². The number of hydrogen-bond donors (Lipinski definition) is 0. The SMILES string of the molecule is CC(C)N(C(=O)n1cnn(-c2cccc(Cl)c2)c1=O)c1ccc(F)cc1. The number of halogens is 2. The van der Waals surface area contributed by atoms with Gasteiger partial charge in [0.2, 0.25) is 0 Å². The van der Waals surface area contributed by atoms with E-state index in [1.165, 1.54) is 29.2 Å². The molecule has 2 aromatic carbocycles. The number of amides is 1. The topological polar surface area (TPSA) is 60.1 Å². The van der Waals surface area contributed by atoms with Crippen LogP contribution in [0.25, 0.3) is 5.69 Å². The fraction of sp³-hybridized carbons (Fsp3) is 0.167. The van der Waals surface area contributed by atoms with Crippen molar-refractivity contribution < 1.29 is 9.18 Å². The van der Waals surface area contributed by atoms with Gasteiger partial charge in [-0.2, -0.15) is 14.3 Å². The van der Waals surface area contributed by atoms with E-state index >= 15 is 0 Å². The zero-order valence-electron chi connectivity index (χ0n) is 14.1. The summed E-state index contributed by atoms with van der Waals surface area (Å²) >= 11 is 5.95. The van der Waals surface area contributed by atoms with Crippen LogP contribution < -0.4 is 10.6 Å². The minimum Gasteiger partial charge on any atom is -0.291 e. The van der Waals surface area contributed by atoms with Crippen LogP contribution in [-0.2, 0) is 0 Å². The number of carbonyl (C=O) groups is 1.